The summed E-state index contributed by atoms with van der Waals surface area (Å²) in [7, 11) is 0. The number of benzene rings is 1. The van der Waals surface area contributed by atoms with E-state index in [1.165, 1.54) is 12.5 Å². The first-order chi connectivity index (χ1) is 7.58. The lowest BCUT2D eigenvalue weighted by atomic mass is 10.1. The molecule has 0 amide bonds. The number of hydrogen-bond acceptors (Lipinski definition) is 1. The summed E-state index contributed by atoms with van der Waals surface area (Å²) in [6.45, 7) is 5.47. The van der Waals surface area contributed by atoms with E-state index < -0.39 is 0 Å². The van der Waals surface area contributed by atoms with E-state index in [-0.39, 0.29) is 11.9 Å². The van der Waals surface area contributed by atoms with Crippen LogP contribution in [0, 0.1) is 17.7 Å². The average molecular weight is 286 g/mol. The van der Waals surface area contributed by atoms with Crippen molar-refractivity contribution in [3.63, 3.8) is 0 Å². The van der Waals surface area contributed by atoms with Gasteiger partial charge in [-0.2, -0.15) is 0 Å². The third-order valence-electron chi connectivity index (χ3n) is 3.41. The van der Waals surface area contributed by atoms with Crippen LogP contribution in [-0.4, -0.2) is 6.54 Å². The fourth-order valence-electron chi connectivity index (χ4n) is 1.91. The van der Waals surface area contributed by atoms with E-state index in [9.17, 15) is 4.39 Å². The molecule has 0 spiro atoms. The van der Waals surface area contributed by atoms with Crippen LogP contribution in [-0.2, 0) is 0 Å². The van der Waals surface area contributed by atoms with Crippen molar-refractivity contribution in [2.24, 2.45) is 11.8 Å². The van der Waals surface area contributed by atoms with Gasteiger partial charge in [0.2, 0.25) is 0 Å². The second-order valence-electron chi connectivity index (χ2n) is 4.78. The summed E-state index contributed by atoms with van der Waals surface area (Å²) in [4.78, 5) is 0. The van der Waals surface area contributed by atoms with Crippen LogP contribution in [0.5, 0.6) is 0 Å². The first kappa shape index (κ1) is 12.1. The van der Waals surface area contributed by atoms with Gasteiger partial charge in [-0.15, -0.1) is 0 Å². The monoisotopic (exact) mass is 285 g/mol. The summed E-state index contributed by atoms with van der Waals surface area (Å²) in [5.74, 6) is 1.51. The Labute approximate surface area is 105 Å². The maximum absolute atomic E-state index is 13.1. The normalized spacial score (nSPS) is 25.5. The van der Waals surface area contributed by atoms with Crippen molar-refractivity contribution in [3.8, 4) is 0 Å². The maximum Gasteiger partial charge on any atom is 0.137 e. The summed E-state index contributed by atoms with van der Waals surface area (Å²) in [5.41, 5.74) is 1.13. The van der Waals surface area contributed by atoms with Gasteiger partial charge in [0.1, 0.15) is 5.82 Å². The summed E-state index contributed by atoms with van der Waals surface area (Å²) in [5, 5.41) is 3.49. The molecule has 1 aliphatic carbocycles. The SMILES string of the molecule is CC(NCC1CC1C)c1ccc(F)c(Br)c1. The van der Waals surface area contributed by atoms with Crippen LogP contribution in [0.15, 0.2) is 22.7 Å². The topological polar surface area (TPSA) is 12.0 Å². The molecule has 3 heteroatoms. The molecule has 0 aromatic heterocycles. The van der Waals surface area contributed by atoms with Crippen molar-refractivity contribution in [2.45, 2.75) is 26.3 Å². The zero-order valence-corrected chi connectivity index (χ0v) is 11.2. The van der Waals surface area contributed by atoms with Crippen molar-refractivity contribution < 1.29 is 4.39 Å². The van der Waals surface area contributed by atoms with Crippen molar-refractivity contribution in [1.29, 1.82) is 0 Å². The zero-order chi connectivity index (χ0) is 11.7. The number of nitrogens with one attached hydrogen (secondary N) is 1. The van der Waals surface area contributed by atoms with Crippen LogP contribution in [0.25, 0.3) is 0 Å². The molecule has 1 aliphatic rings. The molecular formula is C13H17BrFN. The molecular weight excluding hydrogens is 269 g/mol. The second kappa shape index (κ2) is 4.84. The lowest BCUT2D eigenvalue weighted by Gasteiger charge is -2.14. The van der Waals surface area contributed by atoms with Crippen molar-refractivity contribution in [2.75, 3.05) is 6.54 Å². The van der Waals surface area contributed by atoms with Crippen LogP contribution in [0.2, 0.25) is 0 Å². The Kier molecular flexibility index (Phi) is 3.65. The van der Waals surface area contributed by atoms with Crippen LogP contribution in [0.1, 0.15) is 31.9 Å². The second-order valence-corrected chi connectivity index (χ2v) is 5.63. The summed E-state index contributed by atoms with van der Waals surface area (Å²) in [6.07, 6.45) is 1.34. The molecule has 1 nitrogen and oxygen atoms in total. The quantitative estimate of drug-likeness (QED) is 0.885. The zero-order valence-electron chi connectivity index (χ0n) is 9.63. The molecule has 16 heavy (non-hydrogen) atoms. The molecule has 0 radical (unpaired) electrons. The minimum atomic E-state index is -0.202. The Hall–Kier alpha value is -0.410. The number of halogens is 2. The maximum atomic E-state index is 13.1. The minimum absolute atomic E-state index is 0.202. The van der Waals surface area contributed by atoms with Gasteiger partial charge in [0.25, 0.3) is 0 Å². The summed E-state index contributed by atoms with van der Waals surface area (Å²) >= 11 is 3.21. The molecule has 3 unspecified atom stereocenters. The van der Waals surface area contributed by atoms with Gasteiger partial charge in [-0.3, -0.25) is 0 Å². The fraction of sp³-hybridized carbons (Fsp3) is 0.538. The molecule has 0 heterocycles. The first-order valence-corrected chi connectivity index (χ1v) is 6.55. The summed E-state index contributed by atoms with van der Waals surface area (Å²) in [6, 6.07) is 5.49. The van der Waals surface area contributed by atoms with Crippen LogP contribution < -0.4 is 5.32 Å². The number of rotatable bonds is 4. The summed E-state index contributed by atoms with van der Waals surface area (Å²) < 4.78 is 13.6. The highest BCUT2D eigenvalue weighted by Gasteiger charge is 2.32. The Morgan fingerprint density at radius 2 is 2.25 bits per heavy atom. The molecule has 3 atom stereocenters. The standard InChI is InChI=1S/C13H17BrFN/c1-8-5-11(8)7-16-9(2)10-3-4-13(15)12(14)6-10/h3-4,6,8-9,11,16H,5,7H2,1-2H3. The van der Waals surface area contributed by atoms with E-state index in [0.29, 0.717) is 4.47 Å². The number of hydrogen-bond donors (Lipinski definition) is 1. The highest BCUT2D eigenvalue weighted by molar-refractivity contribution is 9.10. The Balaban J connectivity index is 1.92. The van der Waals surface area contributed by atoms with Gasteiger partial charge in [-0.25, -0.2) is 4.39 Å². The largest absolute Gasteiger partial charge is 0.310 e. The molecule has 1 aromatic carbocycles. The molecule has 1 saturated carbocycles. The van der Waals surface area contributed by atoms with Crippen molar-refractivity contribution >= 4 is 15.9 Å². The van der Waals surface area contributed by atoms with Gasteiger partial charge in [-0.1, -0.05) is 13.0 Å². The lowest BCUT2D eigenvalue weighted by Crippen LogP contribution is -2.21. The van der Waals surface area contributed by atoms with Gasteiger partial charge in [0, 0.05) is 6.04 Å². The Morgan fingerprint density at radius 3 is 2.81 bits per heavy atom. The lowest BCUT2D eigenvalue weighted by molar-refractivity contribution is 0.533. The minimum Gasteiger partial charge on any atom is -0.310 e. The van der Waals surface area contributed by atoms with Gasteiger partial charge in [0.05, 0.1) is 4.47 Å². The first-order valence-electron chi connectivity index (χ1n) is 5.76. The highest BCUT2D eigenvalue weighted by atomic mass is 79.9. The van der Waals surface area contributed by atoms with E-state index in [2.05, 4.69) is 35.1 Å². The molecule has 1 N–H and O–H groups in total. The van der Waals surface area contributed by atoms with E-state index >= 15 is 0 Å². The highest BCUT2D eigenvalue weighted by Crippen LogP contribution is 2.37. The Bertz CT molecular complexity index is 380. The van der Waals surface area contributed by atoms with Gasteiger partial charge >= 0.3 is 0 Å². The predicted octanol–water partition coefficient (Wildman–Crippen LogP) is 3.89. The third-order valence-corrected chi connectivity index (χ3v) is 4.01. The third kappa shape index (κ3) is 2.83. The van der Waals surface area contributed by atoms with Crippen molar-refractivity contribution in [1.82, 2.24) is 5.32 Å². The van der Waals surface area contributed by atoms with Crippen molar-refractivity contribution in [3.05, 3.63) is 34.1 Å². The Morgan fingerprint density at radius 1 is 1.56 bits per heavy atom. The van der Waals surface area contributed by atoms with E-state index in [1.54, 1.807) is 0 Å². The van der Waals surface area contributed by atoms with E-state index in [1.807, 2.05) is 12.1 Å². The van der Waals surface area contributed by atoms with Crippen LogP contribution in [0.3, 0.4) is 0 Å². The van der Waals surface area contributed by atoms with Gasteiger partial charge in [-0.05, 0) is 65.4 Å². The molecule has 1 fully saturated rings. The predicted molar refractivity (Wildman–Crippen MR) is 67.8 cm³/mol. The molecule has 88 valence electrons. The molecule has 2 rings (SSSR count). The fourth-order valence-corrected chi connectivity index (χ4v) is 2.31. The molecule has 0 saturated heterocycles. The smallest absolute Gasteiger partial charge is 0.137 e. The van der Waals surface area contributed by atoms with Gasteiger partial charge in [0.15, 0.2) is 0 Å². The average Bonchev–Trinajstić information content (AvgIpc) is 2.95. The van der Waals surface area contributed by atoms with Crippen LogP contribution in [0.4, 0.5) is 4.39 Å². The molecule has 1 aromatic rings. The van der Waals surface area contributed by atoms with Gasteiger partial charge < -0.3 is 5.32 Å². The molecule has 0 bridgehead atoms. The van der Waals surface area contributed by atoms with E-state index in [0.717, 1.165) is 23.9 Å². The van der Waals surface area contributed by atoms with Crippen LogP contribution >= 0.6 is 15.9 Å². The van der Waals surface area contributed by atoms with E-state index in [4.69, 9.17) is 0 Å². The molecule has 0 aliphatic heterocycles.